The highest BCUT2D eigenvalue weighted by atomic mass is 35.6. The minimum atomic E-state index is -1.75. The highest BCUT2D eigenvalue weighted by Crippen LogP contribution is 2.47. The molecule has 2 nitrogen and oxygen atoms in total. The Hall–Kier alpha value is -0.150. The lowest BCUT2D eigenvalue weighted by atomic mass is 9.80. The van der Waals surface area contributed by atoms with Crippen LogP contribution in [0, 0.1) is 0 Å². The van der Waals surface area contributed by atoms with Crippen LogP contribution in [0.5, 0.6) is 0 Å². The van der Waals surface area contributed by atoms with Crippen molar-refractivity contribution in [1.29, 1.82) is 0 Å². The lowest BCUT2D eigenvalue weighted by molar-refractivity contribution is 0.136. The quantitative estimate of drug-likeness (QED) is 0.771. The van der Waals surface area contributed by atoms with Crippen LogP contribution in [-0.2, 0) is 0 Å². The Morgan fingerprint density at radius 1 is 1.32 bits per heavy atom. The van der Waals surface area contributed by atoms with E-state index in [-0.39, 0.29) is 5.54 Å². The van der Waals surface area contributed by atoms with Crippen molar-refractivity contribution >= 4 is 40.5 Å². The van der Waals surface area contributed by atoms with Crippen molar-refractivity contribution in [1.82, 2.24) is 0 Å². The number of hydrogen-bond acceptors (Lipinski definition) is 2. The molecule has 1 heterocycles. The summed E-state index contributed by atoms with van der Waals surface area (Å²) in [6.45, 7) is 6.29. The van der Waals surface area contributed by atoms with E-state index in [4.69, 9.17) is 34.8 Å². The highest BCUT2D eigenvalue weighted by molar-refractivity contribution is 6.68. The molecule has 2 rings (SSSR count). The Morgan fingerprint density at radius 2 is 1.89 bits per heavy atom. The molecule has 0 bridgehead atoms. The number of fused-ring (bicyclic) bond motifs is 1. The summed E-state index contributed by atoms with van der Waals surface area (Å²) in [5, 5.41) is 10.4. The number of rotatable bonds is 1. The fourth-order valence-electron chi connectivity index (χ4n) is 3.02. The monoisotopic (exact) mass is 321 g/mol. The van der Waals surface area contributed by atoms with Crippen LogP contribution in [-0.4, -0.2) is 20.7 Å². The van der Waals surface area contributed by atoms with Crippen molar-refractivity contribution in [2.24, 2.45) is 0 Å². The zero-order valence-electron chi connectivity index (χ0n) is 11.2. The first-order valence-electron chi connectivity index (χ1n) is 6.27. The topological polar surface area (TPSA) is 23.5 Å². The summed E-state index contributed by atoms with van der Waals surface area (Å²) >= 11 is 17.7. The summed E-state index contributed by atoms with van der Waals surface area (Å²) in [6, 6.07) is 7.96. The molecule has 0 aliphatic carbocycles. The zero-order valence-corrected chi connectivity index (χ0v) is 13.5. The van der Waals surface area contributed by atoms with Crippen molar-refractivity contribution in [2.45, 2.75) is 48.7 Å². The van der Waals surface area contributed by atoms with Crippen LogP contribution < -0.4 is 4.90 Å². The summed E-state index contributed by atoms with van der Waals surface area (Å²) in [7, 11) is 0. The van der Waals surface area contributed by atoms with Gasteiger partial charge in [0.1, 0.15) is 0 Å². The van der Waals surface area contributed by atoms with Crippen LogP contribution in [0.15, 0.2) is 24.3 Å². The molecule has 106 valence electrons. The minimum absolute atomic E-state index is 0.281. The molecule has 1 aromatic rings. The molecule has 1 aliphatic rings. The standard InChI is InChI=1S/C14H18Cl3NO/c1-9-8-13(2,3)18(12(19)14(15,16)17)11-7-5-4-6-10(9)11/h4-7,9,12,19H,8H2,1-3H3/t9-,12-/m0/s1. The summed E-state index contributed by atoms with van der Waals surface area (Å²) in [5.74, 6) is 0.407. The lowest BCUT2D eigenvalue weighted by Crippen LogP contribution is -2.57. The van der Waals surface area contributed by atoms with Crippen LogP contribution in [0.4, 0.5) is 5.69 Å². The Labute approximate surface area is 129 Å². The summed E-state index contributed by atoms with van der Waals surface area (Å²) < 4.78 is -1.75. The number of hydrogen-bond donors (Lipinski definition) is 1. The van der Waals surface area contributed by atoms with E-state index in [2.05, 4.69) is 26.8 Å². The third-order valence-corrected chi connectivity index (χ3v) is 4.31. The first-order chi connectivity index (χ1) is 8.64. The maximum Gasteiger partial charge on any atom is 0.234 e. The zero-order chi connectivity index (χ0) is 14.4. The smallest absolute Gasteiger partial charge is 0.234 e. The second-order valence-corrected chi connectivity index (χ2v) is 8.13. The molecule has 0 radical (unpaired) electrons. The molecule has 0 amide bonds. The van der Waals surface area contributed by atoms with Gasteiger partial charge in [0.25, 0.3) is 0 Å². The number of aliphatic hydroxyl groups excluding tert-OH is 1. The van der Waals surface area contributed by atoms with E-state index in [9.17, 15) is 5.11 Å². The van der Waals surface area contributed by atoms with Crippen LogP contribution in [0.25, 0.3) is 0 Å². The predicted octanol–water partition coefficient (Wildman–Crippen LogP) is 4.47. The van der Waals surface area contributed by atoms with Gasteiger partial charge in [0.05, 0.1) is 0 Å². The van der Waals surface area contributed by atoms with Crippen LogP contribution >= 0.6 is 34.8 Å². The number of aliphatic hydroxyl groups is 1. The fraction of sp³-hybridized carbons (Fsp3) is 0.571. The van der Waals surface area contributed by atoms with Crippen LogP contribution in [0.2, 0.25) is 0 Å². The molecule has 5 heteroatoms. The van der Waals surface area contributed by atoms with Crippen LogP contribution in [0.3, 0.4) is 0 Å². The average molecular weight is 323 g/mol. The molecule has 0 unspecified atom stereocenters. The molecular weight excluding hydrogens is 305 g/mol. The maximum atomic E-state index is 10.4. The van der Waals surface area contributed by atoms with E-state index in [1.807, 2.05) is 23.1 Å². The summed E-state index contributed by atoms with van der Waals surface area (Å²) in [5.41, 5.74) is 1.83. The van der Waals surface area contributed by atoms with Crippen molar-refractivity contribution in [3.05, 3.63) is 29.8 Å². The predicted molar refractivity (Wildman–Crippen MR) is 82.3 cm³/mol. The van der Waals surface area contributed by atoms with Crippen molar-refractivity contribution in [3.8, 4) is 0 Å². The van der Waals surface area contributed by atoms with E-state index in [1.54, 1.807) is 0 Å². The Balaban J connectivity index is 2.54. The minimum Gasteiger partial charge on any atom is -0.369 e. The number of nitrogens with zero attached hydrogens (tertiary/aromatic N) is 1. The molecule has 0 saturated heterocycles. The molecule has 0 saturated carbocycles. The van der Waals surface area contributed by atoms with E-state index < -0.39 is 10.0 Å². The van der Waals surface area contributed by atoms with E-state index in [0.29, 0.717) is 5.92 Å². The summed E-state index contributed by atoms with van der Waals surface area (Å²) in [4.78, 5) is 1.81. The molecule has 19 heavy (non-hydrogen) atoms. The number of alkyl halides is 3. The molecule has 0 aromatic heterocycles. The van der Waals surface area contributed by atoms with Gasteiger partial charge in [-0.25, -0.2) is 0 Å². The average Bonchev–Trinajstić information content (AvgIpc) is 2.26. The second-order valence-electron chi connectivity index (χ2n) is 5.76. The number of benzene rings is 1. The number of halogens is 3. The molecule has 1 N–H and O–H groups in total. The first kappa shape index (κ1) is 15.2. The Bertz CT molecular complexity index is 470. The molecule has 0 fully saturated rings. The van der Waals surface area contributed by atoms with Crippen molar-refractivity contribution in [2.75, 3.05) is 4.90 Å². The normalized spacial score (nSPS) is 23.9. The van der Waals surface area contributed by atoms with Crippen molar-refractivity contribution < 1.29 is 5.11 Å². The van der Waals surface area contributed by atoms with Gasteiger partial charge >= 0.3 is 0 Å². The molecule has 0 spiro atoms. The van der Waals surface area contributed by atoms with Gasteiger partial charge in [0, 0.05) is 11.2 Å². The van der Waals surface area contributed by atoms with Gasteiger partial charge in [-0.2, -0.15) is 0 Å². The Kier molecular flexibility index (Phi) is 4.01. The van der Waals surface area contributed by atoms with Gasteiger partial charge in [-0.05, 0) is 37.8 Å². The highest BCUT2D eigenvalue weighted by Gasteiger charge is 2.46. The van der Waals surface area contributed by atoms with Gasteiger partial charge in [-0.3, -0.25) is 0 Å². The second kappa shape index (κ2) is 5.00. The van der Waals surface area contributed by atoms with Gasteiger partial charge in [0.15, 0.2) is 6.23 Å². The van der Waals surface area contributed by atoms with Gasteiger partial charge in [0.2, 0.25) is 3.79 Å². The molecule has 2 atom stereocenters. The van der Waals surface area contributed by atoms with Crippen molar-refractivity contribution in [3.63, 3.8) is 0 Å². The largest absolute Gasteiger partial charge is 0.369 e. The van der Waals surface area contributed by atoms with E-state index >= 15 is 0 Å². The molecular formula is C14H18Cl3NO. The first-order valence-corrected chi connectivity index (χ1v) is 7.41. The molecule has 1 aromatic carbocycles. The number of para-hydroxylation sites is 1. The summed E-state index contributed by atoms with van der Waals surface area (Å²) in [6.07, 6.45) is -0.289. The van der Waals surface area contributed by atoms with Crippen LogP contribution in [0.1, 0.15) is 38.7 Å². The SMILES string of the molecule is C[C@H]1CC(C)(C)N([C@@H](O)C(Cl)(Cl)Cl)c2ccccc21. The fourth-order valence-corrected chi connectivity index (χ4v) is 3.31. The number of anilines is 1. The lowest BCUT2D eigenvalue weighted by Gasteiger charge is -2.50. The van der Waals surface area contributed by atoms with Gasteiger partial charge in [-0.15, -0.1) is 0 Å². The Morgan fingerprint density at radius 3 is 2.47 bits per heavy atom. The maximum absolute atomic E-state index is 10.4. The third kappa shape index (κ3) is 2.82. The third-order valence-electron chi connectivity index (χ3n) is 3.72. The van der Waals surface area contributed by atoms with E-state index in [0.717, 1.165) is 12.1 Å². The van der Waals surface area contributed by atoms with Gasteiger partial charge < -0.3 is 10.0 Å². The van der Waals surface area contributed by atoms with E-state index in [1.165, 1.54) is 5.56 Å². The van der Waals surface area contributed by atoms with Gasteiger partial charge in [-0.1, -0.05) is 59.9 Å². The molecule has 1 aliphatic heterocycles.